The first kappa shape index (κ1) is 13.5. The van der Waals surface area contributed by atoms with E-state index in [9.17, 15) is 4.79 Å². The number of amides is 1. The van der Waals surface area contributed by atoms with Crippen molar-refractivity contribution in [3.8, 4) is 0 Å². The first-order valence-electron chi connectivity index (χ1n) is 6.18. The van der Waals surface area contributed by atoms with Crippen molar-refractivity contribution in [3.05, 3.63) is 0 Å². The molecule has 1 aliphatic heterocycles. The van der Waals surface area contributed by atoms with E-state index in [-0.39, 0.29) is 11.1 Å². The molecule has 94 valence electrons. The summed E-state index contributed by atoms with van der Waals surface area (Å²) in [6.45, 7) is 15.7. The number of rotatable bonds is 0. The summed E-state index contributed by atoms with van der Waals surface area (Å²) in [4.78, 5) is 16.4. The molecule has 1 amide bonds. The SMILES string of the molecule is CC(C)(C)N1CCC(=O)N(C(C)(C)C)CC1. The number of carbonyl (C=O) groups is 1. The molecule has 0 bridgehead atoms. The normalized spacial score (nSPS) is 21.1. The van der Waals surface area contributed by atoms with Gasteiger partial charge in [-0.2, -0.15) is 0 Å². The highest BCUT2D eigenvalue weighted by atomic mass is 16.2. The molecule has 1 rings (SSSR count). The van der Waals surface area contributed by atoms with E-state index in [4.69, 9.17) is 0 Å². The Morgan fingerprint density at radius 2 is 1.44 bits per heavy atom. The van der Waals surface area contributed by atoms with Gasteiger partial charge in [-0.3, -0.25) is 9.69 Å². The van der Waals surface area contributed by atoms with Gasteiger partial charge in [0.25, 0.3) is 0 Å². The number of hydrogen-bond acceptors (Lipinski definition) is 2. The lowest BCUT2D eigenvalue weighted by Crippen LogP contribution is -2.48. The molecule has 1 aliphatic rings. The van der Waals surface area contributed by atoms with Crippen molar-refractivity contribution in [2.24, 2.45) is 0 Å². The van der Waals surface area contributed by atoms with Gasteiger partial charge in [-0.15, -0.1) is 0 Å². The van der Waals surface area contributed by atoms with Gasteiger partial charge in [-0.1, -0.05) is 0 Å². The van der Waals surface area contributed by atoms with Gasteiger partial charge in [-0.05, 0) is 41.5 Å². The van der Waals surface area contributed by atoms with Gasteiger partial charge >= 0.3 is 0 Å². The molecule has 0 aliphatic carbocycles. The van der Waals surface area contributed by atoms with Crippen molar-refractivity contribution in [1.82, 2.24) is 9.80 Å². The Labute approximate surface area is 99.8 Å². The van der Waals surface area contributed by atoms with Gasteiger partial charge < -0.3 is 4.90 Å². The van der Waals surface area contributed by atoms with Crippen LogP contribution < -0.4 is 0 Å². The van der Waals surface area contributed by atoms with E-state index in [1.165, 1.54) is 0 Å². The molecule has 0 aromatic rings. The van der Waals surface area contributed by atoms with E-state index >= 15 is 0 Å². The van der Waals surface area contributed by atoms with E-state index in [2.05, 4.69) is 46.4 Å². The van der Waals surface area contributed by atoms with Gasteiger partial charge in [0.2, 0.25) is 5.91 Å². The molecule has 0 atom stereocenters. The molecular formula is C13H26N2O. The van der Waals surface area contributed by atoms with Crippen molar-refractivity contribution >= 4 is 5.91 Å². The number of nitrogens with zero attached hydrogens (tertiary/aromatic N) is 2. The summed E-state index contributed by atoms with van der Waals surface area (Å²) in [5.74, 6) is 0.291. The van der Waals surface area contributed by atoms with Crippen molar-refractivity contribution in [2.45, 2.75) is 59.0 Å². The monoisotopic (exact) mass is 226 g/mol. The Morgan fingerprint density at radius 3 is 1.88 bits per heavy atom. The zero-order valence-corrected chi connectivity index (χ0v) is 11.6. The van der Waals surface area contributed by atoms with E-state index in [0.29, 0.717) is 12.3 Å². The second kappa shape index (κ2) is 4.36. The molecule has 0 spiro atoms. The van der Waals surface area contributed by atoms with Gasteiger partial charge in [0, 0.05) is 37.1 Å². The molecule has 0 N–H and O–H groups in total. The molecule has 0 saturated carbocycles. The van der Waals surface area contributed by atoms with Crippen LogP contribution in [0.25, 0.3) is 0 Å². The standard InChI is InChI=1S/C13H26N2O/c1-12(2,3)14-8-7-11(16)15(10-9-14)13(4,5)6/h7-10H2,1-6H3. The van der Waals surface area contributed by atoms with Crippen molar-refractivity contribution < 1.29 is 4.79 Å². The third kappa shape index (κ3) is 3.21. The minimum Gasteiger partial charge on any atom is -0.337 e. The average molecular weight is 226 g/mol. The first-order chi connectivity index (χ1) is 7.12. The molecule has 1 saturated heterocycles. The summed E-state index contributed by atoms with van der Waals surface area (Å²) in [6.07, 6.45) is 0.647. The highest BCUT2D eigenvalue weighted by molar-refractivity contribution is 5.77. The molecule has 0 radical (unpaired) electrons. The van der Waals surface area contributed by atoms with Crippen LogP contribution in [0, 0.1) is 0 Å². The lowest BCUT2D eigenvalue weighted by atomic mass is 10.1. The predicted octanol–water partition coefficient (Wildman–Crippen LogP) is 2.12. The van der Waals surface area contributed by atoms with E-state index in [1.807, 2.05) is 4.90 Å². The van der Waals surface area contributed by atoms with Crippen LogP contribution in [-0.4, -0.2) is 46.4 Å². The van der Waals surface area contributed by atoms with Crippen molar-refractivity contribution in [3.63, 3.8) is 0 Å². The Kier molecular flexibility index (Phi) is 3.68. The van der Waals surface area contributed by atoms with Gasteiger partial charge in [0.1, 0.15) is 0 Å². The molecule has 1 fully saturated rings. The Bertz CT molecular complexity index is 260. The topological polar surface area (TPSA) is 23.6 Å². The molecule has 0 unspecified atom stereocenters. The summed E-state index contributed by atoms with van der Waals surface area (Å²) in [7, 11) is 0. The van der Waals surface area contributed by atoms with Crippen LogP contribution in [-0.2, 0) is 4.79 Å². The fourth-order valence-electron chi connectivity index (χ4n) is 2.20. The zero-order chi connectivity index (χ0) is 12.6. The van der Waals surface area contributed by atoms with Crippen LogP contribution in [0.1, 0.15) is 48.0 Å². The Hall–Kier alpha value is -0.570. The average Bonchev–Trinajstić information content (AvgIpc) is 2.23. The summed E-state index contributed by atoms with van der Waals surface area (Å²) in [5.41, 5.74) is 0.110. The second-order valence-corrected chi connectivity index (χ2v) is 6.62. The summed E-state index contributed by atoms with van der Waals surface area (Å²) >= 11 is 0. The first-order valence-corrected chi connectivity index (χ1v) is 6.18. The van der Waals surface area contributed by atoms with Crippen molar-refractivity contribution in [2.75, 3.05) is 19.6 Å². The number of carbonyl (C=O) groups excluding carboxylic acids is 1. The van der Waals surface area contributed by atoms with E-state index < -0.39 is 0 Å². The van der Waals surface area contributed by atoms with Crippen LogP contribution in [0.5, 0.6) is 0 Å². The van der Waals surface area contributed by atoms with Crippen LogP contribution in [0.15, 0.2) is 0 Å². The zero-order valence-electron chi connectivity index (χ0n) is 11.6. The molecule has 16 heavy (non-hydrogen) atoms. The fraction of sp³-hybridized carbons (Fsp3) is 0.923. The van der Waals surface area contributed by atoms with Gasteiger partial charge in [0.15, 0.2) is 0 Å². The van der Waals surface area contributed by atoms with Crippen LogP contribution in [0.3, 0.4) is 0 Å². The highest BCUT2D eigenvalue weighted by Crippen LogP contribution is 2.21. The van der Waals surface area contributed by atoms with Gasteiger partial charge in [0.05, 0.1) is 0 Å². The van der Waals surface area contributed by atoms with Crippen LogP contribution >= 0.6 is 0 Å². The molecule has 0 aromatic carbocycles. The summed E-state index contributed by atoms with van der Waals surface area (Å²) in [5, 5.41) is 0. The maximum absolute atomic E-state index is 12.0. The lowest BCUT2D eigenvalue weighted by Gasteiger charge is -2.37. The predicted molar refractivity (Wildman–Crippen MR) is 67.4 cm³/mol. The van der Waals surface area contributed by atoms with Crippen molar-refractivity contribution in [1.29, 1.82) is 0 Å². The van der Waals surface area contributed by atoms with Gasteiger partial charge in [-0.25, -0.2) is 0 Å². The van der Waals surface area contributed by atoms with E-state index in [1.54, 1.807) is 0 Å². The van der Waals surface area contributed by atoms with E-state index in [0.717, 1.165) is 19.6 Å². The van der Waals surface area contributed by atoms with Crippen LogP contribution in [0.2, 0.25) is 0 Å². The largest absolute Gasteiger partial charge is 0.337 e. The summed E-state index contributed by atoms with van der Waals surface area (Å²) in [6, 6.07) is 0. The molecule has 0 aromatic heterocycles. The second-order valence-electron chi connectivity index (χ2n) is 6.62. The third-order valence-corrected chi connectivity index (χ3v) is 3.25. The Morgan fingerprint density at radius 1 is 0.875 bits per heavy atom. The third-order valence-electron chi connectivity index (χ3n) is 3.25. The fourth-order valence-corrected chi connectivity index (χ4v) is 2.20. The maximum atomic E-state index is 12.0. The quantitative estimate of drug-likeness (QED) is 0.631. The maximum Gasteiger partial charge on any atom is 0.224 e. The smallest absolute Gasteiger partial charge is 0.224 e. The minimum absolute atomic E-state index is 0.0506. The minimum atomic E-state index is -0.0506. The lowest BCUT2D eigenvalue weighted by molar-refractivity contribution is -0.134. The Balaban J connectivity index is 2.74. The molecule has 1 heterocycles. The molecule has 3 heteroatoms. The highest BCUT2D eigenvalue weighted by Gasteiger charge is 2.32. The molecular weight excluding hydrogens is 200 g/mol. The summed E-state index contributed by atoms with van der Waals surface area (Å²) < 4.78 is 0. The van der Waals surface area contributed by atoms with Crippen LogP contribution in [0.4, 0.5) is 0 Å². The molecule has 3 nitrogen and oxygen atoms in total. The number of hydrogen-bond donors (Lipinski definition) is 0.